The minimum absolute atomic E-state index is 0.125. The van der Waals surface area contributed by atoms with Crippen LogP contribution in [0.4, 0.5) is 0 Å². The molecule has 2 heterocycles. The van der Waals surface area contributed by atoms with Crippen molar-refractivity contribution in [3.63, 3.8) is 0 Å². The Morgan fingerprint density at radius 3 is 2.40 bits per heavy atom. The van der Waals surface area contributed by atoms with Crippen LogP contribution in [0.15, 0.2) is 42.5 Å². The SMILES string of the molecule is C=C1CC2CCC(C1)N2C(=O)/C=C/c1ccc(Cl)cc1. The fourth-order valence-corrected chi connectivity index (χ4v) is 3.43. The average Bonchev–Trinajstić information content (AvgIpc) is 2.70. The molecule has 2 nitrogen and oxygen atoms in total. The summed E-state index contributed by atoms with van der Waals surface area (Å²) in [7, 11) is 0. The molecule has 2 atom stereocenters. The molecule has 2 aliphatic heterocycles. The van der Waals surface area contributed by atoms with Crippen LogP contribution in [0.25, 0.3) is 6.08 Å². The Labute approximate surface area is 124 Å². The highest BCUT2D eigenvalue weighted by molar-refractivity contribution is 6.30. The van der Waals surface area contributed by atoms with Gasteiger partial charge in [0.25, 0.3) is 0 Å². The molecule has 1 amide bonds. The van der Waals surface area contributed by atoms with Gasteiger partial charge in [-0.05, 0) is 49.5 Å². The highest BCUT2D eigenvalue weighted by atomic mass is 35.5. The number of fused-ring (bicyclic) bond motifs is 2. The van der Waals surface area contributed by atoms with Crippen molar-refractivity contribution in [3.8, 4) is 0 Å². The maximum Gasteiger partial charge on any atom is 0.247 e. The summed E-state index contributed by atoms with van der Waals surface area (Å²) < 4.78 is 0. The smallest absolute Gasteiger partial charge is 0.247 e. The van der Waals surface area contributed by atoms with Gasteiger partial charge < -0.3 is 4.90 Å². The van der Waals surface area contributed by atoms with Gasteiger partial charge in [-0.25, -0.2) is 0 Å². The second-order valence-corrected chi connectivity index (χ2v) is 6.11. The zero-order valence-electron chi connectivity index (χ0n) is 11.4. The summed E-state index contributed by atoms with van der Waals surface area (Å²) in [6.07, 6.45) is 7.71. The van der Waals surface area contributed by atoms with Gasteiger partial charge in [-0.2, -0.15) is 0 Å². The van der Waals surface area contributed by atoms with E-state index in [2.05, 4.69) is 11.5 Å². The molecule has 2 bridgehead atoms. The van der Waals surface area contributed by atoms with E-state index in [0.29, 0.717) is 17.1 Å². The molecule has 0 aromatic heterocycles. The minimum atomic E-state index is 0.125. The third-order valence-electron chi connectivity index (χ3n) is 4.21. The molecule has 1 aromatic rings. The number of carbonyl (C=O) groups is 1. The minimum Gasteiger partial charge on any atom is -0.333 e. The van der Waals surface area contributed by atoms with Gasteiger partial charge in [0.1, 0.15) is 0 Å². The van der Waals surface area contributed by atoms with Gasteiger partial charge in [-0.3, -0.25) is 4.79 Å². The molecule has 3 heteroatoms. The molecule has 2 fully saturated rings. The fourth-order valence-electron chi connectivity index (χ4n) is 3.30. The Morgan fingerprint density at radius 1 is 1.20 bits per heavy atom. The van der Waals surface area contributed by atoms with Crippen molar-refractivity contribution in [2.75, 3.05) is 0 Å². The summed E-state index contributed by atoms with van der Waals surface area (Å²) in [5.74, 6) is 0.125. The van der Waals surface area contributed by atoms with Crippen LogP contribution in [0.2, 0.25) is 5.02 Å². The number of benzene rings is 1. The van der Waals surface area contributed by atoms with Crippen molar-refractivity contribution in [1.82, 2.24) is 4.90 Å². The van der Waals surface area contributed by atoms with Crippen LogP contribution in [-0.4, -0.2) is 22.9 Å². The molecule has 104 valence electrons. The normalized spacial score (nSPS) is 25.4. The zero-order chi connectivity index (χ0) is 14.1. The number of carbonyl (C=O) groups excluding carboxylic acids is 1. The van der Waals surface area contributed by atoms with Gasteiger partial charge in [-0.1, -0.05) is 35.9 Å². The van der Waals surface area contributed by atoms with Crippen molar-refractivity contribution in [2.45, 2.75) is 37.8 Å². The first-order valence-electron chi connectivity index (χ1n) is 7.06. The van der Waals surface area contributed by atoms with Crippen LogP contribution in [0.3, 0.4) is 0 Å². The van der Waals surface area contributed by atoms with E-state index in [4.69, 9.17) is 11.6 Å². The van der Waals surface area contributed by atoms with Gasteiger partial charge in [0.15, 0.2) is 0 Å². The van der Waals surface area contributed by atoms with Crippen LogP contribution in [0.5, 0.6) is 0 Å². The maximum atomic E-state index is 12.4. The van der Waals surface area contributed by atoms with Crippen LogP contribution in [0, 0.1) is 0 Å². The summed E-state index contributed by atoms with van der Waals surface area (Å²) in [4.78, 5) is 14.4. The third-order valence-corrected chi connectivity index (χ3v) is 4.46. The summed E-state index contributed by atoms with van der Waals surface area (Å²) >= 11 is 5.85. The number of amides is 1. The van der Waals surface area contributed by atoms with E-state index in [1.165, 1.54) is 5.57 Å². The van der Waals surface area contributed by atoms with Gasteiger partial charge in [0, 0.05) is 23.2 Å². The standard InChI is InChI=1S/C17H18ClNO/c1-12-10-15-7-8-16(11-12)19(15)17(20)9-4-13-2-5-14(18)6-3-13/h2-6,9,15-16H,1,7-8,10-11H2/b9-4+. The number of hydrogen-bond donors (Lipinski definition) is 0. The number of halogens is 1. The second-order valence-electron chi connectivity index (χ2n) is 5.67. The molecule has 0 radical (unpaired) electrons. The molecule has 0 N–H and O–H groups in total. The Bertz CT molecular complexity index is 545. The van der Waals surface area contributed by atoms with Crippen molar-refractivity contribution in [1.29, 1.82) is 0 Å². The van der Waals surface area contributed by atoms with Gasteiger partial charge >= 0.3 is 0 Å². The van der Waals surface area contributed by atoms with Crippen LogP contribution in [-0.2, 0) is 4.79 Å². The Balaban J connectivity index is 1.71. The van der Waals surface area contributed by atoms with Crippen molar-refractivity contribution >= 4 is 23.6 Å². The monoisotopic (exact) mass is 287 g/mol. The summed E-state index contributed by atoms with van der Waals surface area (Å²) in [5, 5.41) is 0.709. The molecule has 1 aromatic carbocycles. The summed E-state index contributed by atoms with van der Waals surface area (Å²) in [5.41, 5.74) is 2.29. The first-order chi connectivity index (χ1) is 9.63. The number of rotatable bonds is 2. The highest BCUT2D eigenvalue weighted by Crippen LogP contribution is 2.37. The lowest BCUT2D eigenvalue weighted by Crippen LogP contribution is -2.43. The number of nitrogens with zero attached hydrogens (tertiary/aromatic N) is 1. The molecule has 20 heavy (non-hydrogen) atoms. The molecule has 3 rings (SSSR count). The fraction of sp³-hybridized carbons (Fsp3) is 0.353. The van der Waals surface area contributed by atoms with Crippen molar-refractivity contribution in [2.24, 2.45) is 0 Å². The van der Waals surface area contributed by atoms with Gasteiger partial charge in [-0.15, -0.1) is 0 Å². The summed E-state index contributed by atoms with van der Waals surface area (Å²) in [6.45, 7) is 4.08. The molecule has 2 unspecified atom stereocenters. The van der Waals surface area contributed by atoms with Crippen molar-refractivity contribution < 1.29 is 4.79 Å². The zero-order valence-corrected chi connectivity index (χ0v) is 12.1. The molecule has 0 aliphatic carbocycles. The Hall–Kier alpha value is -1.54. The third kappa shape index (κ3) is 2.66. The van der Waals surface area contributed by atoms with Crippen LogP contribution in [0.1, 0.15) is 31.2 Å². The lowest BCUT2D eigenvalue weighted by atomic mass is 9.98. The quantitative estimate of drug-likeness (QED) is 0.593. The van der Waals surface area contributed by atoms with Crippen molar-refractivity contribution in [3.05, 3.63) is 53.1 Å². The number of piperidine rings is 1. The Kier molecular flexibility index (Phi) is 3.66. The molecular formula is C17H18ClNO. The Morgan fingerprint density at radius 2 is 1.80 bits per heavy atom. The number of hydrogen-bond acceptors (Lipinski definition) is 1. The topological polar surface area (TPSA) is 20.3 Å². The van der Waals surface area contributed by atoms with E-state index in [-0.39, 0.29) is 5.91 Å². The largest absolute Gasteiger partial charge is 0.333 e. The van der Waals surface area contributed by atoms with Gasteiger partial charge in [0.2, 0.25) is 5.91 Å². The molecule has 2 saturated heterocycles. The van der Waals surface area contributed by atoms with E-state index < -0.39 is 0 Å². The van der Waals surface area contributed by atoms with E-state index >= 15 is 0 Å². The molecule has 0 saturated carbocycles. The molecule has 0 spiro atoms. The van der Waals surface area contributed by atoms with Crippen LogP contribution >= 0.6 is 11.6 Å². The lowest BCUT2D eigenvalue weighted by Gasteiger charge is -2.35. The predicted octanol–water partition coefficient (Wildman–Crippen LogP) is 4.06. The molecular weight excluding hydrogens is 270 g/mol. The average molecular weight is 288 g/mol. The van der Waals surface area contributed by atoms with E-state index in [9.17, 15) is 4.79 Å². The van der Waals surface area contributed by atoms with Gasteiger partial charge in [0.05, 0.1) is 0 Å². The first-order valence-corrected chi connectivity index (χ1v) is 7.44. The summed E-state index contributed by atoms with van der Waals surface area (Å²) in [6, 6.07) is 8.23. The van der Waals surface area contributed by atoms with E-state index in [1.54, 1.807) is 6.08 Å². The molecule has 2 aliphatic rings. The second kappa shape index (κ2) is 5.45. The highest BCUT2D eigenvalue weighted by Gasteiger charge is 2.39. The van der Waals surface area contributed by atoms with E-state index in [1.807, 2.05) is 30.3 Å². The van der Waals surface area contributed by atoms with E-state index in [0.717, 1.165) is 31.2 Å². The predicted molar refractivity (Wildman–Crippen MR) is 82.5 cm³/mol. The maximum absolute atomic E-state index is 12.4. The first kappa shape index (κ1) is 13.4. The lowest BCUT2D eigenvalue weighted by molar-refractivity contribution is -0.129. The van der Waals surface area contributed by atoms with Crippen LogP contribution < -0.4 is 0 Å².